The summed E-state index contributed by atoms with van der Waals surface area (Å²) in [7, 11) is 0. The van der Waals surface area contributed by atoms with E-state index < -0.39 is 17.5 Å². The Kier molecular flexibility index (Phi) is 3.27. The first kappa shape index (κ1) is 10.5. The quantitative estimate of drug-likeness (QED) is 0.612. The Labute approximate surface area is 82.5 Å². The van der Waals surface area contributed by atoms with Crippen molar-refractivity contribution in [1.29, 1.82) is 0 Å². The third-order valence-corrected chi connectivity index (χ3v) is 2.06. The summed E-state index contributed by atoms with van der Waals surface area (Å²) < 4.78 is 24.2. The molecule has 1 N–H and O–H groups in total. The lowest BCUT2D eigenvalue weighted by molar-refractivity contribution is 0.146. The fraction of sp³-hybridized carbons (Fsp3) is 0.286. The van der Waals surface area contributed by atoms with Crippen molar-refractivity contribution < 1.29 is 8.78 Å². The molecular formula is C7H5Cl2F2NO. The fourth-order valence-electron chi connectivity index (χ4n) is 0.817. The average Bonchev–Trinajstić information content (AvgIpc) is 2.03. The second-order valence-corrected chi connectivity index (χ2v) is 2.96. The lowest BCUT2D eigenvalue weighted by Gasteiger charge is -2.03. The monoisotopic (exact) mass is 227 g/mol. The van der Waals surface area contributed by atoms with Gasteiger partial charge in [-0.1, -0.05) is 11.6 Å². The zero-order valence-electron chi connectivity index (χ0n) is 6.28. The van der Waals surface area contributed by atoms with Crippen molar-refractivity contribution in [3.8, 4) is 0 Å². The Morgan fingerprint density at radius 1 is 1.54 bits per heavy atom. The van der Waals surface area contributed by atoms with Gasteiger partial charge in [0.1, 0.15) is 5.15 Å². The molecule has 0 radical (unpaired) electrons. The number of hydrogen-bond acceptors (Lipinski definition) is 1. The van der Waals surface area contributed by atoms with E-state index in [-0.39, 0.29) is 16.6 Å². The number of aromatic nitrogens is 1. The maximum absolute atomic E-state index is 12.1. The smallest absolute Gasteiger partial charge is 0.278 e. The second-order valence-electron chi connectivity index (χ2n) is 2.32. The van der Waals surface area contributed by atoms with E-state index in [1.165, 1.54) is 0 Å². The van der Waals surface area contributed by atoms with Gasteiger partial charge in [0, 0.05) is 11.6 Å². The zero-order valence-corrected chi connectivity index (χ0v) is 7.79. The van der Waals surface area contributed by atoms with E-state index in [1.807, 2.05) is 0 Å². The Balaban J connectivity index is 3.29. The van der Waals surface area contributed by atoms with Crippen LogP contribution in [0.2, 0.25) is 5.15 Å². The third-order valence-electron chi connectivity index (χ3n) is 1.47. The maximum atomic E-state index is 12.1. The van der Waals surface area contributed by atoms with Crippen LogP contribution >= 0.6 is 23.2 Å². The molecule has 0 spiro atoms. The van der Waals surface area contributed by atoms with E-state index in [9.17, 15) is 13.6 Å². The van der Waals surface area contributed by atoms with Crippen molar-refractivity contribution in [2.75, 3.05) is 0 Å². The first-order chi connectivity index (χ1) is 6.06. The lowest BCUT2D eigenvalue weighted by Crippen LogP contribution is -2.10. The molecule has 0 aliphatic carbocycles. The summed E-state index contributed by atoms with van der Waals surface area (Å²) in [6, 6.07) is 0.800. The van der Waals surface area contributed by atoms with E-state index in [2.05, 4.69) is 4.98 Å². The largest absolute Gasteiger partial charge is 0.344 e. The molecule has 0 bridgehead atoms. The van der Waals surface area contributed by atoms with E-state index in [1.54, 1.807) is 0 Å². The third kappa shape index (κ3) is 2.19. The van der Waals surface area contributed by atoms with Gasteiger partial charge in [-0.25, -0.2) is 8.78 Å². The zero-order chi connectivity index (χ0) is 10.0. The standard InChI is InChI=1S/C7H5Cl2F2NO/c8-2-3-5(13)1-4(7(10)11)12-6(3)9/h1,7H,2H2,(H,12,13). The van der Waals surface area contributed by atoms with Crippen molar-refractivity contribution in [2.24, 2.45) is 0 Å². The summed E-state index contributed by atoms with van der Waals surface area (Å²) in [5, 5.41) is -0.127. The number of halogens is 4. The molecule has 1 heterocycles. The van der Waals surface area contributed by atoms with E-state index in [0.717, 1.165) is 6.07 Å². The Bertz CT molecular complexity index is 364. The second kappa shape index (κ2) is 4.07. The number of hydrogen-bond donors (Lipinski definition) is 1. The van der Waals surface area contributed by atoms with Crippen LogP contribution in [0, 0.1) is 0 Å². The van der Waals surface area contributed by atoms with Crippen molar-refractivity contribution in [2.45, 2.75) is 12.3 Å². The molecule has 0 aliphatic heterocycles. The van der Waals surface area contributed by atoms with Crippen LogP contribution in [0.15, 0.2) is 10.9 Å². The van der Waals surface area contributed by atoms with E-state index in [4.69, 9.17) is 23.2 Å². The topological polar surface area (TPSA) is 32.9 Å². The SMILES string of the molecule is O=c1cc(C(F)F)[nH]c(Cl)c1CCl. The molecule has 2 nitrogen and oxygen atoms in total. The van der Waals surface area contributed by atoms with Crippen LogP contribution in [0.25, 0.3) is 0 Å². The normalized spacial score (nSPS) is 10.8. The molecule has 0 aliphatic rings. The van der Waals surface area contributed by atoms with Gasteiger partial charge in [-0.15, -0.1) is 11.6 Å². The molecule has 0 unspecified atom stereocenters. The van der Waals surface area contributed by atoms with Crippen LogP contribution in [0.5, 0.6) is 0 Å². The minimum atomic E-state index is -2.74. The number of aromatic amines is 1. The minimum absolute atomic E-state index is 0.0995. The van der Waals surface area contributed by atoms with E-state index in [0.29, 0.717) is 0 Å². The van der Waals surface area contributed by atoms with Crippen molar-refractivity contribution in [1.82, 2.24) is 4.98 Å². The molecule has 0 aromatic carbocycles. The first-order valence-electron chi connectivity index (χ1n) is 3.32. The number of nitrogens with one attached hydrogen (secondary N) is 1. The Morgan fingerprint density at radius 3 is 2.54 bits per heavy atom. The van der Waals surface area contributed by atoms with Gasteiger partial charge in [0.05, 0.1) is 11.6 Å². The number of pyridine rings is 1. The molecule has 0 saturated heterocycles. The summed E-state index contributed by atoms with van der Waals surface area (Å²) in [6.07, 6.45) is -2.74. The first-order valence-corrected chi connectivity index (χ1v) is 4.23. The van der Waals surface area contributed by atoms with Gasteiger partial charge in [0.25, 0.3) is 6.43 Å². The predicted molar refractivity (Wildman–Crippen MR) is 46.6 cm³/mol. The molecule has 0 saturated carbocycles. The predicted octanol–water partition coefficient (Wildman–Crippen LogP) is 2.70. The van der Waals surface area contributed by atoms with Gasteiger partial charge in [0.2, 0.25) is 0 Å². The molecule has 13 heavy (non-hydrogen) atoms. The summed E-state index contributed by atoms with van der Waals surface area (Å²) >= 11 is 10.9. The van der Waals surface area contributed by atoms with Crippen LogP contribution in [0.1, 0.15) is 17.7 Å². The van der Waals surface area contributed by atoms with Gasteiger partial charge >= 0.3 is 0 Å². The summed E-state index contributed by atoms with van der Waals surface area (Å²) in [6.45, 7) is 0. The summed E-state index contributed by atoms with van der Waals surface area (Å²) in [5.41, 5.74) is -0.967. The molecule has 72 valence electrons. The Morgan fingerprint density at radius 2 is 2.15 bits per heavy atom. The number of H-pyrrole nitrogens is 1. The molecular weight excluding hydrogens is 223 g/mol. The Hall–Kier alpha value is -0.610. The van der Waals surface area contributed by atoms with Gasteiger partial charge in [-0.3, -0.25) is 4.79 Å². The number of rotatable bonds is 2. The molecule has 1 rings (SSSR count). The van der Waals surface area contributed by atoms with E-state index >= 15 is 0 Å². The van der Waals surface area contributed by atoms with Crippen LogP contribution in [-0.2, 0) is 5.88 Å². The van der Waals surface area contributed by atoms with Gasteiger partial charge in [-0.2, -0.15) is 0 Å². The highest BCUT2D eigenvalue weighted by molar-refractivity contribution is 6.31. The minimum Gasteiger partial charge on any atom is -0.344 e. The summed E-state index contributed by atoms with van der Waals surface area (Å²) in [5.74, 6) is -0.0995. The molecule has 0 atom stereocenters. The van der Waals surface area contributed by atoms with Crippen LogP contribution in [0.4, 0.5) is 8.78 Å². The van der Waals surface area contributed by atoms with Gasteiger partial charge < -0.3 is 4.98 Å². The summed E-state index contributed by atoms with van der Waals surface area (Å²) in [4.78, 5) is 13.3. The van der Waals surface area contributed by atoms with Gasteiger partial charge in [0.15, 0.2) is 5.43 Å². The number of alkyl halides is 3. The van der Waals surface area contributed by atoms with Crippen LogP contribution in [0.3, 0.4) is 0 Å². The molecule has 1 aromatic heterocycles. The molecule has 0 fully saturated rings. The van der Waals surface area contributed by atoms with Crippen molar-refractivity contribution in [3.05, 3.63) is 32.7 Å². The highest BCUT2D eigenvalue weighted by atomic mass is 35.5. The highest BCUT2D eigenvalue weighted by Gasteiger charge is 2.12. The average molecular weight is 228 g/mol. The molecule has 6 heteroatoms. The maximum Gasteiger partial charge on any atom is 0.278 e. The van der Waals surface area contributed by atoms with Crippen molar-refractivity contribution >= 4 is 23.2 Å². The fourth-order valence-corrected chi connectivity index (χ4v) is 1.42. The van der Waals surface area contributed by atoms with Gasteiger partial charge in [-0.05, 0) is 0 Å². The molecule has 1 aromatic rings. The highest BCUT2D eigenvalue weighted by Crippen LogP contribution is 2.19. The molecule has 0 amide bonds. The lowest BCUT2D eigenvalue weighted by atomic mass is 10.2. The van der Waals surface area contributed by atoms with Crippen LogP contribution < -0.4 is 5.43 Å². The van der Waals surface area contributed by atoms with Crippen LogP contribution in [-0.4, -0.2) is 4.98 Å². The van der Waals surface area contributed by atoms with Crippen molar-refractivity contribution in [3.63, 3.8) is 0 Å².